The van der Waals surface area contributed by atoms with Gasteiger partial charge in [0.2, 0.25) is 5.91 Å². The topological polar surface area (TPSA) is 84.9 Å². The Kier molecular flexibility index (Phi) is 7.09. The molecular weight excluding hydrogens is 496 g/mol. The Balaban J connectivity index is 1.49. The number of hydrogen-bond acceptors (Lipinski definition) is 6. The van der Waals surface area contributed by atoms with Crippen LogP contribution in [0.4, 0.5) is 5.69 Å². The summed E-state index contributed by atoms with van der Waals surface area (Å²) in [4.78, 5) is 40.8. The first-order valence-corrected chi connectivity index (χ1v) is 12.2. The average Bonchev–Trinajstić information content (AvgIpc) is 3.36. The minimum absolute atomic E-state index is 0.0411. The Morgan fingerprint density at radius 3 is 2.72 bits per heavy atom. The third kappa shape index (κ3) is 4.96. The van der Waals surface area contributed by atoms with Crippen LogP contribution < -0.4 is 10.2 Å². The molecule has 2 fully saturated rings. The van der Waals surface area contributed by atoms with Crippen LogP contribution in [0.3, 0.4) is 0 Å². The molecule has 1 aromatic heterocycles. The van der Waals surface area contributed by atoms with E-state index < -0.39 is 5.54 Å². The lowest BCUT2D eigenvalue weighted by Gasteiger charge is -2.27. The lowest BCUT2D eigenvalue weighted by Crippen LogP contribution is -2.55. The minimum Gasteiger partial charge on any atom is -0.379 e. The second-order valence-electron chi connectivity index (χ2n) is 8.07. The van der Waals surface area contributed by atoms with Gasteiger partial charge in [-0.2, -0.15) is 0 Å². The summed E-state index contributed by atoms with van der Waals surface area (Å²) in [6, 6.07) is 9.25. The highest BCUT2D eigenvalue weighted by Crippen LogP contribution is 2.28. The van der Waals surface area contributed by atoms with Gasteiger partial charge in [-0.1, -0.05) is 12.1 Å². The van der Waals surface area contributed by atoms with Gasteiger partial charge in [0.25, 0.3) is 5.91 Å². The van der Waals surface area contributed by atoms with E-state index in [0.29, 0.717) is 44.1 Å². The lowest BCUT2D eigenvalue weighted by molar-refractivity contribution is -0.124. The first kappa shape index (κ1) is 23.1. The molecule has 1 atom stereocenters. The van der Waals surface area contributed by atoms with E-state index in [4.69, 9.17) is 9.47 Å². The number of hydrogen-bond donors (Lipinski definition) is 1. The maximum Gasteiger partial charge on any atom is 0.262 e. The van der Waals surface area contributed by atoms with Crippen molar-refractivity contribution in [3.63, 3.8) is 0 Å². The van der Waals surface area contributed by atoms with E-state index in [0.717, 1.165) is 20.6 Å². The van der Waals surface area contributed by atoms with E-state index in [-0.39, 0.29) is 30.6 Å². The highest BCUT2D eigenvalue weighted by molar-refractivity contribution is 9.11. The van der Waals surface area contributed by atoms with Crippen molar-refractivity contribution in [3.05, 3.63) is 50.1 Å². The molecule has 4 rings (SSSR count). The maximum atomic E-state index is 13.3. The molecule has 9 heteroatoms. The second kappa shape index (κ2) is 9.82. The number of aryl methyl sites for hydroxylation is 1. The predicted molar refractivity (Wildman–Crippen MR) is 125 cm³/mol. The van der Waals surface area contributed by atoms with Crippen LogP contribution in [0.25, 0.3) is 0 Å². The maximum absolute atomic E-state index is 13.3. The van der Waals surface area contributed by atoms with Crippen LogP contribution in [0.5, 0.6) is 0 Å². The van der Waals surface area contributed by atoms with Gasteiger partial charge in [0.05, 0.1) is 34.9 Å². The molecule has 0 spiro atoms. The summed E-state index contributed by atoms with van der Waals surface area (Å²) in [7, 11) is 0. The second-order valence-corrected chi connectivity index (χ2v) is 10.5. The van der Waals surface area contributed by atoms with Gasteiger partial charge in [-0.05, 0) is 52.2 Å². The molecule has 32 heavy (non-hydrogen) atoms. The number of amides is 2. The molecule has 0 unspecified atom stereocenters. The van der Waals surface area contributed by atoms with Crippen LogP contribution in [0.1, 0.15) is 33.6 Å². The van der Waals surface area contributed by atoms with E-state index in [2.05, 4.69) is 21.2 Å². The summed E-state index contributed by atoms with van der Waals surface area (Å²) in [5.74, 6) is -0.308. The monoisotopic (exact) mass is 520 g/mol. The number of carbonyl (C=O) groups is 3. The molecule has 1 N–H and O–H groups in total. The van der Waals surface area contributed by atoms with Crippen molar-refractivity contribution in [2.45, 2.75) is 31.7 Å². The van der Waals surface area contributed by atoms with Gasteiger partial charge in [0, 0.05) is 31.7 Å². The Bertz CT molecular complexity index is 1030. The Labute approximate surface area is 199 Å². The number of benzene rings is 1. The standard InChI is InChI=1S/C23H25BrN2O5S/c1-15-12-16(2-3-17(15)26-8-11-30-9-6-21(26)28)13-19(27)23(7-10-31-14-23)25-22(29)18-4-5-20(24)32-18/h2-5,12H,6-11,13-14H2,1H3,(H,25,29)/t23-/m1/s1. The van der Waals surface area contributed by atoms with Crippen molar-refractivity contribution in [2.24, 2.45) is 0 Å². The molecule has 0 aliphatic carbocycles. The molecule has 0 radical (unpaired) electrons. The largest absolute Gasteiger partial charge is 0.379 e. The molecule has 7 nitrogen and oxygen atoms in total. The summed E-state index contributed by atoms with van der Waals surface area (Å²) in [5.41, 5.74) is 1.58. The van der Waals surface area contributed by atoms with Crippen LogP contribution in [-0.2, 0) is 25.5 Å². The Morgan fingerprint density at radius 2 is 2.03 bits per heavy atom. The molecule has 1 aromatic carbocycles. The highest BCUT2D eigenvalue weighted by atomic mass is 79.9. The van der Waals surface area contributed by atoms with E-state index >= 15 is 0 Å². The summed E-state index contributed by atoms with van der Waals surface area (Å²) < 4.78 is 11.8. The normalized spacial score (nSPS) is 21.4. The lowest BCUT2D eigenvalue weighted by atomic mass is 9.88. The zero-order valence-corrected chi connectivity index (χ0v) is 20.2. The molecule has 0 saturated carbocycles. The molecule has 3 heterocycles. The number of ether oxygens (including phenoxy) is 2. The number of halogens is 1. The fourth-order valence-electron chi connectivity index (χ4n) is 4.09. The van der Waals surface area contributed by atoms with Crippen LogP contribution in [0.15, 0.2) is 34.1 Å². The van der Waals surface area contributed by atoms with Gasteiger partial charge in [0.15, 0.2) is 5.78 Å². The third-order valence-electron chi connectivity index (χ3n) is 5.84. The third-order valence-corrected chi connectivity index (χ3v) is 7.46. The van der Waals surface area contributed by atoms with Crippen molar-refractivity contribution in [2.75, 3.05) is 37.9 Å². The number of carbonyl (C=O) groups excluding carboxylic acids is 3. The van der Waals surface area contributed by atoms with Crippen molar-refractivity contribution in [1.82, 2.24) is 5.32 Å². The summed E-state index contributed by atoms with van der Waals surface area (Å²) in [5, 5.41) is 2.94. The number of rotatable bonds is 6. The highest BCUT2D eigenvalue weighted by Gasteiger charge is 2.43. The van der Waals surface area contributed by atoms with Crippen LogP contribution in [0.2, 0.25) is 0 Å². The zero-order chi connectivity index (χ0) is 22.7. The number of ketones is 1. The number of anilines is 1. The molecule has 2 amide bonds. The van der Waals surface area contributed by atoms with Crippen molar-refractivity contribution in [3.8, 4) is 0 Å². The van der Waals surface area contributed by atoms with Crippen molar-refractivity contribution in [1.29, 1.82) is 0 Å². The smallest absolute Gasteiger partial charge is 0.262 e. The van der Waals surface area contributed by atoms with E-state index in [1.54, 1.807) is 11.0 Å². The Hall–Kier alpha value is -2.07. The molecule has 0 bridgehead atoms. The molecule has 2 aromatic rings. The van der Waals surface area contributed by atoms with Gasteiger partial charge in [-0.25, -0.2) is 0 Å². The minimum atomic E-state index is -1.03. The van der Waals surface area contributed by atoms with E-state index in [1.807, 2.05) is 31.2 Å². The average molecular weight is 521 g/mol. The van der Waals surface area contributed by atoms with Crippen LogP contribution >= 0.6 is 27.3 Å². The predicted octanol–water partition coefficient (Wildman–Crippen LogP) is 3.27. The fourth-order valence-corrected chi connectivity index (χ4v) is 5.37. The Morgan fingerprint density at radius 1 is 1.19 bits per heavy atom. The number of Topliss-reactive ketones (excluding diaryl/α,β-unsaturated/α-hetero) is 1. The van der Waals surface area contributed by atoms with Gasteiger partial charge < -0.3 is 19.7 Å². The van der Waals surface area contributed by atoms with Crippen molar-refractivity contribution >= 4 is 50.6 Å². The zero-order valence-electron chi connectivity index (χ0n) is 17.8. The number of nitrogens with one attached hydrogen (secondary N) is 1. The van der Waals surface area contributed by atoms with E-state index in [1.165, 1.54) is 11.3 Å². The molecule has 2 saturated heterocycles. The van der Waals surface area contributed by atoms with Gasteiger partial charge in [0.1, 0.15) is 5.54 Å². The van der Waals surface area contributed by atoms with Crippen LogP contribution in [0, 0.1) is 6.92 Å². The van der Waals surface area contributed by atoms with Crippen molar-refractivity contribution < 1.29 is 23.9 Å². The first-order valence-electron chi connectivity index (χ1n) is 10.5. The number of thiophene rings is 1. The molecular formula is C23H25BrN2O5S. The van der Waals surface area contributed by atoms with Gasteiger partial charge >= 0.3 is 0 Å². The SMILES string of the molecule is Cc1cc(CC(=O)[C@@]2(NC(=O)c3ccc(Br)s3)CCOC2)ccc1N1CCOCCC1=O. The fraction of sp³-hybridized carbons (Fsp3) is 0.435. The van der Waals surface area contributed by atoms with Gasteiger partial charge in [-0.3, -0.25) is 14.4 Å². The van der Waals surface area contributed by atoms with Gasteiger partial charge in [-0.15, -0.1) is 11.3 Å². The van der Waals surface area contributed by atoms with Crippen LogP contribution in [-0.4, -0.2) is 56.1 Å². The molecule has 170 valence electrons. The molecule has 2 aliphatic rings. The molecule has 2 aliphatic heterocycles. The van der Waals surface area contributed by atoms with E-state index in [9.17, 15) is 14.4 Å². The summed E-state index contributed by atoms with van der Waals surface area (Å²) in [6.07, 6.45) is 0.988. The summed E-state index contributed by atoms with van der Waals surface area (Å²) >= 11 is 4.69. The quantitative estimate of drug-likeness (QED) is 0.631. The summed E-state index contributed by atoms with van der Waals surface area (Å²) in [6.45, 7) is 4.00. The number of nitrogens with zero attached hydrogens (tertiary/aromatic N) is 1. The first-order chi connectivity index (χ1) is 15.4.